The van der Waals surface area contributed by atoms with Gasteiger partial charge in [-0.15, -0.1) is 0 Å². The van der Waals surface area contributed by atoms with Crippen molar-refractivity contribution in [3.8, 4) is 0 Å². The Balaban J connectivity index is 3.63. The van der Waals surface area contributed by atoms with Crippen molar-refractivity contribution in [1.82, 2.24) is 0 Å². The molecule has 8 heavy (non-hydrogen) atoms. The van der Waals surface area contributed by atoms with Crippen LogP contribution in [-0.4, -0.2) is 9.80 Å². The smallest absolute Gasteiger partial charge is 0.0592 e. The predicted molar refractivity (Wildman–Crippen MR) is 42.4 cm³/mol. The second-order valence-corrected chi connectivity index (χ2v) is 3.25. The molecule has 48 valence electrons. The van der Waals surface area contributed by atoms with E-state index in [2.05, 4.69) is 15.9 Å². The van der Waals surface area contributed by atoms with E-state index in [1.54, 1.807) is 0 Å². The number of rotatable bonds is 2. The number of halogens is 1. The topological polar surface area (TPSA) is 20.2 Å². The van der Waals surface area contributed by atoms with E-state index < -0.39 is 0 Å². The van der Waals surface area contributed by atoms with Crippen molar-refractivity contribution in [1.29, 1.82) is 0 Å². The van der Waals surface area contributed by atoms with Crippen LogP contribution in [0.4, 0.5) is 0 Å². The van der Waals surface area contributed by atoms with Gasteiger partial charge >= 0.3 is 0 Å². The molecule has 0 saturated heterocycles. The fourth-order valence-corrected chi connectivity index (χ4v) is 0.773. The van der Waals surface area contributed by atoms with Crippen molar-refractivity contribution in [2.45, 2.75) is 19.1 Å². The van der Waals surface area contributed by atoms with E-state index in [1.165, 1.54) is 0 Å². The Labute approximate surface area is 62.5 Å². The summed E-state index contributed by atoms with van der Waals surface area (Å²) >= 11 is 4.12. The summed E-state index contributed by atoms with van der Waals surface area (Å²) in [4.78, 5) is 0. The first-order valence-electron chi connectivity index (χ1n) is 2.34. The molecule has 0 aromatic heterocycles. The van der Waals surface area contributed by atoms with Crippen LogP contribution in [0.1, 0.15) is 13.8 Å². The van der Waals surface area contributed by atoms with E-state index in [1.807, 2.05) is 19.9 Å². The summed E-state index contributed by atoms with van der Waals surface area (Å²) < 4.78 is 9.51. The SMILES string of the molecule is C/C=C(/Br)[C@H](C)SO. The van der Waals surface area contributed by atoms with Crippen molar-refractivity contribution < 1.29 is 4.55 Å². The Morgan fingerprint density at radius 3 is 2.50 bits per heavy atom. The lowest BCUT2D eigenvalue weighted by Crippen LogP contribution is -1.92. The van der Waals surface area contributed by atoms with E-state index in [-0.39, 0.29) is 5.25 Å². The summed E-state index contributed by atoms with van der Waals surface area (Å²) in [7, 11) is 0. The van der Waals surface area contributed by atoms with Crippen LogP contribution in [0, 0.1) is 0 Å². The minimum Gasteiger partial charge on any atom is -0.329 e. The minimum atomic E-state index is 0.167. The average Bonchev–Trinajstić information content (AvgIpc) is 1.84. The average molecular weight is 197 g/mol. The van der Waals surface area contributed by atoms with Gasteiger partial charge in [-0.2, -0.15) is 0 Å². The first-order valence-corrected chi connectivity index (χ1v) is 3.97. The zero-order valence-electron chi connectivity index (χ0n) is 4.89. The van der Waals surface area contributed by atoms with Crippen molar-refractivity contribution >= 4 is 28.0 Å². The molecule has 0 fully saturated rings. The molecule has 0 saturated carbocycles. The first-order chi connectivity index (χ1) is 3.72. The molecule has 0 aromatic carbocycles. The molecule has 0 rings (SSSR count). The molecule has 1 atom stereocenters. The monoisotopic (exact) mass is 196 g/mol. The van der Waals surface area contributed by atoms with Gasteiger partial charge in [0.15, 0.2) is 0 Å². The Kier molecular flexibility index (Phi) is 4.71. The maximum Gasteiger partial charge on any atom is 0.0592 e. The number of allylic oxidation sites excluding steroid dienone is 1. The van der Waals surface area contributed by atoms with E-state index in [0.29, 0.717) is 0 Å². The third-order valence-corrected chi connectivity index (χ3v) is 2.84. The minimum absolute atomic E-state index is 0.167. The normalized spacial score (nSPS) is 16.2. The standard InChI is InChI=1S/C5H9BrOS/c1-3-5(6)4(2)8-7/h3-4,7H,1-2H3/b5-3+/t4-/m0/s1. The molecule has 0 spiro atoms. The zero-order valence-corrected chi connectivity index (χ0v) is 7.29. The van der Waals surface area contributed by atoms with Crippen LogP contribution in [0.25, 0.3) is 0 Å². The van der Waals surface area contributed by atoms with Gasteiger partial charge in [-0.25, -0.2) is 0 Å². The molecule has 1 N–H and O–H groups in total. The highest BCUT2D eigenvalue weighted by Crippen LogP contribution is 2.20. The van der Waals surface area contributed by atoms with Crippen molar-refractivity contribution in [3.63, 3.8) is 0 Å². The first kappa shape index (κ1) is 8.53. The Bertz CT molecular complexity index is 92.4. The Hall–Kier alpha value is 0.530. The van der Waals surface area contributed by atoms with Crippen LogP contribution in [0.3, 0.4) is 0 Å². The summed E-state index contributed by atoms with van der Waals surface area (Å²) in [6.45, 7) is 3.85. The fraction of sp³-hybridized carbons (Fsp3) is 0.600. The second-order valence-electron chi connectivity index (χ2n) is 1.42. The van der Waals surface area contributed by atoms with Gasteiger partial charge in [-0.3, -0.25) is 0 Å². The van der Waals surface area contributed by atoms with Crippen molar-refractivity contribution in [3.05, 3.63) is 10.6 Å². The van der Waals surface area contributed by atoms with Crippen LogP contribution < -0.4 is 0 Å². The van der Waals surface area contributed by atoms with Crippen molar-refractivity contribution in [2.24, 2.45) is 0 Å². The summed E-state index contributed by atoms with van der Waals surface area (Å²) in [5, 5.41) is 0.167. The highest BCUT2D eigenvalue weighted by Gasteiger charge is 2.01. The highest BCUT2D eigenvalue weighted by molar-refractivity contribution is 9.11. The molecule has 0 radical (unpaired) electrons. The lowest BCUT2D eigenvalue weighted by molar-refractivity contribution is 0.659. The largest absolute Gasteiger partial charge is 0.329 e. The molecule has 0 amide bonds. The Morgan fingerprint density at radius 1 is 1.88 bits per heavy atom. The molecule has 3 heteroatoms. The van der Waals surface area contributed by atoms with Crippen LogP contribution in [-0.2, 0) is 0 Å². The molecule has 0 aliphatic rings. The third-order valence-electron chi connectivity index (χ3n) is 0.822. The molecule has 0 aromatic rings. The second kappa shape index (κ2) is 4.41. The molecule has 0 bridgehead atoms. The van der Waals surface area contributed by atoms with Crippen LogP contribution in [0.5, 0.6) is 0 Å². The van der Waals surface area contributed by atoms with Crippen molar-refractivity contribution in [2.75, 3.05) is 0 Å². The van der Waals surface area contributed by atoms with Gasteiger partial charge in [0, 0.05) is 4.48 Å². The zero-order chi connectivity index (χ0) is 6.57. The highest BCUT2D eigenvalue weighted by atomic mass is 79.9. The molecule has 0 aliphatic carbocycles. The number of hydrogen-bond donors (Lipinski definition) is 1. The van der Waals surface area contributed by atoms with Crippen LogP contribution in [0.2, 0.25) is 0 Å². The molecule has 0 aliphatic heterocycles. The lowest BCUT2D eigenvalue weighted by Gasteiger charge is -2.01. The third kappa shape index (κ3) is 2.74. The maximum atomic E-state index is 8.48. The summed E-state index contributed by atoms with van der Waals surface area (Å²) in [5.41, 5.74) is 0. The van der Waals surface area contributed by atoms with Gasteiger partial charge < -0.3 is 4.55 Å². The molecule has 0 heterocycles. The predicted octanol–water partition coefficient (Wildman–Crippen LogP) is 2.88. The molecule has 1 nitrogen and oxygen atoms in total. The van der Waals surface area contributed by atoms with Gasteiger partial charge in [-0.1, -0.05) is 22.0 Å². The molecule has 0 unspecified atom stereocenters. The summed E-state index contributed by atoms with van der Waals surface area (Å²) in [6, 6.07) is 0. The Morgan fingerprint density at radius 2 is 2.38 bits per heavy atom. The number of hydrogen-bond acceptors (Lipinski definition) is 2. The maximum absolute atomic E-state index is 8.48. The van der Waals surface area contributed by atoms with Gasteiger partial charge in [0.1, 0.15) is 0 Å². The summed E-state index contributed by atoms with van der Waals surface area (Å²) in [5.74, 6) is 0. The van der Waals surface area contributed by atoms with E-state index in [9.17, 15) is 0 Å². The van der Waals surface area contributed by atoms with Crippen LogP contribution >= 0.6 is 28.0 Å². The van der Waals surface area contributed by atoms with Gasteiger partial charge in [-0.05, 0) is 25.9 Å². The lowest BCUT2D eigenvalue weighted by atomic mass is 10.4. The van der Waals surface area contributed by atoms with E-state index >= 15 is 0 Å². The molecular weight excluding hydrogens is 188 g/mol. The van der Waals surface area contributed by atoms with Crippen LogP contribution in [0.15, 0.2) is 10.6 Å². The quantitative estimate of drug-likeness (QED) is 0.687. The molecular formula is C5H9BrOS. The van der Waals surface area contributed by atoms with E-state index in [4.69, 9.17) is 4.55 Å². The van der Waals surface area contributed by atoms with Gasteiger partial charge in [0.05, 0.1) is 5.25 Å². The summed E-state index contributed by atoms with van der Waals surface area (Å²) in [6.07, 6.45) is 1.92. The van der Waals surface area contributed by atoms with Gasteiger partial charge in [0.25, 0.3) is 0 Å². The van der Waals surface area contributed by atoms with E-state index in [0.717, 1.165) is 16.5 Å². The fourth-order valence-electron chi connectivity index (χ4n) is 0.285. The van der Waals surface area contributed by atoms with Gasteiger partial charge in [0.2, 0.25) is 0 Å².